The standard InChI is InChI=1S/C21H17N5O2S/c1-26-18-13(8-5-9-22-18)14-11-15(14)17(21(26)28)23-19(27)20-25-24-16(29-20)10-12-6-3-2-4-7-12/h3-9,14-15,17H,10-11H2,1H3/p+1/t14-,15-,17-/m0/s1. The Kier molecular flexibility index (Phi) is 4.30. The summed E-state index contributed by atoms with van der Waals surface area (Å²) in [5, 5.41) is 12.1. The van der Waals surface area contributed by atoms with Crippen molar-refractivity contribution in [1.82, 2.24) is 20.5 Å². The molecule has 3 atom stereocenters. The van der Waals surface area contributed by atoms with Gasteiger partial charge in [0.05, 0.1) is 24.1 Å². The molecule has 0 bridgehead atoms. The number of fused-ring (bicyclic) bond motifs is 3. The number of rotatable bonds is 4. The topological polar surface area (TPSA) is 88.1 Å². The first-order valence-electron chi connectivity index (χ1n) is 9.42. The van der Waals surface area contributed by atoms with E-state index in [0.29, 0.717) is 12.2 Å². The van der Waals surface area contributed by atoms with E-state index < -0.39 is 6.04 Å². The van der Waals surface area contributed by atoms with Gasteiger partial charge in [0.25, 0.3) is 11.8 Å². The molecule has 3 heterocycles. The maximum Gasteiger partial charge on any atom is 0.282 e. The summed E-state index contributed by atoms with van der Waals surface area (Å²) in [7, 11) is 1.71. The number of amides is 2. The lowest BCUT2D eigenvalue weighted by molar-refractivity contribution is -0.120. The highest BCUT2D eigenvalue weighted by Crippen LogP contribution is 2.53. The number of anilines is 1. The van der Waals surface area contributed by atoms with Crippen molar-refractivity contribution in [3.05, 3.63) is 69.9 Å². The Morgan fingerprint density at radius 2 is 2.31 bits per heavy atom. The van der Waals surface area contributed by atoms with Crippen LogP contribution in [-0.2, 0) is 11.2 Å². The summed E-state index contributed by atoms with van der Waals surface area (Å²) >= 11 is 1.25. The zero-order chi connectivity index (χ0) is 20.0. The van der Waals surface area contributed by atoms with E-state index in [2.05, 4.69) is 26.6 Å². The number of aromatic nitrogens is 3. The number of nitrogens with zero attached hydrogens (tertiary/aromatic N) is 4. The molecule has 2 aromatic rings. The molecule has 144 valence electrons. The number of carbonyl (C=O) groups excluding carboxylic acids is 2. The van der Waals surface area contributed by atoms with Crippen LogP contribution in [0.5, 0.6) is 0 Å². The van der Waals surface area contributed by atoms with Crippen LogP contribution in [-0.4, -0.2) is 40.1 Å². The minimum atomic E-state index is -0.580. The maximum absolute atomic E-state index is 13.0. The van der Waals surface area contributed by atoms with Gasteiger partial charge in [0, 0.05) is 19.3 Å². The van der Waals surface area contributed by atoms with E-state index in [0.717, 1.165) is 22.6 Å². The summed E-state index contributed by atoms with van der Waals surface area (Å²) in [6, 6.07) is 3.32. The highest BCUT2D eigenvalue weighted by molar-refractivity contribution is 7.13. The molecular formula is C21H18N5O2S+. The van der Waals surface area contributed by atoms with Crippen LogP contribution in [0.3, 0.4) is 0 Å². The van der Waals surface area contributed by atoms with Crippen molar-refractivity contribution in [3.63, 3.8) is 0 Å². The summed E-state index contributed by atoms with van der Waals surface area (Å²) < 4.78 is 0. The van der Waals surface area contributed by atoms with Gasteiger partial charge in [-0.1, -0.05) is 17.4 Å². The van der Waals surface area contributed by atoms with Crippen molar-refractivity contribution < 1.29 is 9.59 Å². The number of allylic oxidation sites excluding steroid dienone is 6. The fraction of sp³-hybridized carbons (Fsp3) is 0.286. The van der Waals surface area contributed by atoms with Gasteiger partial charge in [-0.25, -0.2) is 4.98 Å². The SMILES string of the molecule is CN1C(=O)[C@@H](NC(=O)c2nnc(CC3=CC=[C+]C=C3)s2)[C@H]2C[C@H]2c2cccnc21. The normalized spacial score (nSPS) is 24.2. The third-order valence-electron chi connectivity index (χ3n) is 5.49. The lowest BCUT2D eigenvalue weighted by atomic mass is 10.1. The van der Waals surface area contributed by atoms with E-state index in [4.69, 9.17) is 0 Å². The Bertz CT molecular complexity index is 1090. The van der Waals surface area contributed by atoms with E-state index >= 15 is 0 Å². The molecule has 1 N–H and O–H groups in total. The first-order chi connectivity index (χ1) is 14.1. The lowest BCUT2D eigenvalue weighted by Crippen LogP contribution is -2.48. The first kappa shape index (κ1) is 17.8. The summed E-state index contributed by atoms with van der Waals surface area (Å²) in [6.07, 6.45) is 13.7. The number of hydrogen-bond acceptors (Lipinski definition) is 6. The number of carbonyl (C=O) groups is 2. The molecule has 0 saturated heterocycles. The van der Waals surface area contributed by atoms with E-state index in [1.165, 1.54) is 11.3 Å². The Balaban J connectivity index is 1.32. The molecular weight excluding hydrogens is 386 g/mol. The minimum Gasteiger partial charge on any atom is -0.338 e. The van der Waals surface area contributed by atoms with Crippen LogP contribution >= 0.6 is 11.3 Å². The van der Waals surface area contributed by atoms with Gasteiger partial charge in [0.15, 0.2) is 0 Å². The quantitative estimate of drug-likeness (QED) is 0.790. The summed E-state index contributed by atoms with van der Waals surface area (Å²) in [6.45, 7) is 0. The van der Waals surface area contributed by atoms with Gasteiger partial charge >= 0.3 is 0 Å². The molecule has 1 saturated carbocycles. The van der Waals surface area contributed by atoms with Crippen LogP contribution in [0.2, 0.25) is 0 Å². The second-order valence-electron chi connectivity index (χ2n) is 7.36. The van der Waals surface area contributed by atoms with Gasteiger partial charge in [-0.15, -0.1) is 10.2 Å². The Morgan fingerprint density at radius 1 is 1.41 bits per heavy atom. The molecule has 7 nitrogen and oxygen atoms in total. The third-order valence-corrected chi connectivity index (χ3v) is 6.41. The van der Waals surface area contributed by atoms with Crippen molar-refractivity contribution in [2.45, 2.75) is 24.8 Å². The van der Waals surface area contributed by atoms with Gasteiger partial charge in [0.2, 0.25) is 5.01 Å². The number of likely N-dealkylation sites (N-methyl/N-ethyl adjacent to an activating group) is 1. The minimum absolute atomic E-state index is 0.0901. The Labute approximate surface area is 171 Å². The molecule has 5 rings (SSSR count). The smallest absolute Gasteiger partial charge is 0.282 e. The second-order valence-corrected chi connectivity index (χ2v) is 8.42. The van der Waals surface area contributed by atoms with Gasteiger partial charge < -0.3 is 5.32 Å². The molecule has 0 spiro atoms. The van der Waals surface area contributed by atoms with Crippen LogP contribution in [0, 0.1) is 12.0 Å². The maximum atomic E-state index is 13.0. The average Bonchev–Trinajstić information content (AvgIpc) is 3.41. The van der Waals surface area contributed by atoms with Crippen LogP contribution in [0.25, 0.3) is 0 Å². The van der Waals surface area contributed by atoms with Crippen LogP contribution in [0.15, 0.2) is 48.2 Å². The number of hydrogen-bond donors (Lipinski definition) is 1. The number of pyridine rings is 1. The van der Waals surface area contributed by atoms with Gasteiger partial charge in [-0.05, 0) is 29.9 Å². The molecule has 0 aromatic carbocycles. The van der Waals surface area contributed by atoms with E-state index in [1.54, 1.807) is 18.1 Å². The number of nitrogens with one attached hydrogen (secondary N) is 1. The molecule has 2 aromatic heterocycles. The average molecular weight is 404 g/mol. The van der Waals surface area contributed by atoms with Crippen molar-refractivity contribution in [2.75, 3.05) is 11.9 Å². The summed E-state index contributed by atoms with van der Waals surface area (Å²) in [5.74, 6) is 0.519. The molecule has 3 aliphatic rings. The zero-order valence-corrected chi connectivity index (χ0v) is 16.5. The van der Waals surface area contributed by atoms with Crippen molar-refractivity contribution >= 4 is 29.0 Å². The Hall–Kier alpha value is -3.22. The highest BCUT2D eigenvalue weighted by Gasteiger charge is 2.52. The molecule has 8 heteroatoms. The van der Waals surface area contributed by atoms with Crippen molar-refractivity contribution in [3.8, 4) is 0 Å². The third kappa shape index (κ3) is 3.26. The van der Waals surface area contributed by atoms with Gasteiger partial charge in [-0.3, -0.25) is 14.5 Å². The van der Waals surface area contributed by atoms with Gasteiger partial charge in [0.1, 0.15) is 29.0 Å². The lowest BCUT2D eigenvalue weighted by Gasteiger charge is -2.22. The van der Waals surface area contributed by atoms with Gasteiger partial charge in [-0.2, -0.15) is 0 Å². The first-order valence-corrected chi connectivity index (χ1v) is 10.2. The predicted molar refractivity (Wildman–Crippen MR) is 108 cm³/mol. The molecule has 1 fully saturated rings. The monoisotopic (exact) mass is 404 g/mol. The zero-order valence-electron chi connectivity index (χ0n) is 15.7. The van der Waals surface area contributed by atoms with Crippen LogP contribution in [0.4, 0.5) is 5.82 Å². The highest BCUT2D eigenvalue weighted by atomic mass is 32.1. The van der Waals surface area contributed by atoms with Crippen molar-refractivity contribution in [2.24, 2.45) is 5.92 Å². The fourth-order valence-corrected chi connectivity index (χ4v) is 4.70. The van der Waals surface area contributed by atoms with E-state index in [9.17, 15) is 9.59 Å². The second kappa shape index (κ2) is 6.99. The molecule has 2 aliphatic carbocycles. The Morgan fingerprint density at radius 3 is 3.14 bits per heavy atom. The molecule has 0 unspecified atom stereocenters. The van der Waals surface area contributed by atoms with Crippen LogP contribution < -0.4 is 10.2 Å². The summed E-state index contributed by atoms with van der Waals surface area (Å²) in [5.41, 5.74) is 2.15. The predicted octanol–water partition coefficient (Wildman–Crippen LogP) is 2.21. The van der Waals surface area contributed by atoms with Crippen LogP contribution in [0.1, 0.15) is 32.7 Å². The van der Waals surface area contributed by atoms with E-state index in [-0.39, 0.29) is 28.7 Å². The van der Waals surface area contributed by atoms with Crippen molar-refractivity contribution in [1.29, 1.82) is 0 Å². The molecule has 29 heavy (non-hydrogen) atoms. The summed E-state index contributed by atoms with van der Waals surface area (Å²) in [4.78, 5) is 31.7. The molecule has 0 radical (unpaired) electrons. The molecule has 2 amide bonds. The largest absolute Gasteiger partial charge is 0.338 e. The molecule has 1 aliphatic heterocycles. The van der Waals surface area contributed by atoms with E-state index in [1.807, 2.05) is 36.4 Å². The fourth-order valence-electron chi connectivity index (χ4n) is 3.92.